The molecule has 1 fully saturated rings. The van der Waals surface area contributed by atoms with Gasteiger partial charge in [0.25, 0.3) is 0 Å². The predicted octanol–water partition coefficient (Wildman–Crippen LogP) is 1.74. The first-order valence-electron chi connectivity index (χ1n) is 2.95. The van der Waals surface area contributed by atoms with E-state index in [1.807, 2.05) is 0 Å². The fourth-order valence-corrected chi connectivity index (χ4v) is 0.832. The van der Waals surface area contributed by atoms with Crippen LogP contribution in [0.2, 0.25) is 0 Å². The van der Waals surface area contributed by atoms with Gasteiger partial charge in [-0.1, -0.05) is 6.58 Å². The molecule has 0 radical (unpaired) electrons. The number of hydrogen-bond donors (Lipinski definition) is 0. The molecule has 8 heavy (non-hydrogen) atoms. The Morgan fingerprint density at radius 3 is 2.38 bits per heavy atom. The lowest BCUT2D eigenvalue weighted by atomic mass is 10.0. The predicted molar refractivity (Wildman–Crippen MR) is 33.8 cm³/mol. The van der Waals surface area contributed by atoms with Crippen molar-refractivity contribution in [2.24, 2.45) is 0 Å². The summed E-state index contributed by atoms with van der Waals surface area (Å²) in [7, 11) is 0. The molecule has 1 saturated heterocycles. The van der Waals surface area contributed by atoms with Crippen LogP contribution in [0.25, 0.3) is 0 Å². The van der Waals surface area contributed by atoms with Crippen LogP contribution in [-0.2, 0) is 4.74 Å². The number of ether oxygens (including phenoxy) is 1. The molecule has 0 N–H and O–H groups in total. The standard InChI is InChI=1S/C7H12O/c1-6-4-5-8-7(6,2)3/h1,4-5H2,2-3H3. The summed E-state index contributed by atoms with van der Waals surface area (Å²) in [6, 6.07) is 0. The van der Waals surface area contributed by atoms with E-state index in [0.717, 1.165) is 13.0 Å². The van der Waals surface area contributed by atoms with E-state index in [-0.39, 0.29) is 5.60 Å². The van der Waals surface area contributed by atoms with Crippen molar-refractivity contribution in [3.8, 4) is 0 Å². The largest absolute Gasteiger partial charge is 0.371 e. The van der Waals surface area contributed by atoms with Gasteiger partial charge in [0.2, 0.25) is 0 Å². The molecule has 1 aliphatic rings. The van der Waals surface area contributed by atoms with Gasteiger partial charge in [-0.3, -0.25) is 0 Å². The molecule has 1 heterocycles. The molecule has 1 nitrogen and oxygen atoms in total. The maximum atomic E-state index is 5.35. The van der Waals surface area contributed by atoms with Crippen molar-refractivity contribution in [1.82, 2.24) is 0 Å². The zero-order valence-corrected chi connectivity index (χ0v) is 5.53. The minimum Gasteiger partial charge on any atom is -0.371 e. The van der Waals surface area contributed by atoms with Crippen LogP contribution in [0.1, 0.15) is 20.3 Å². The van der Waals surface area contributed by atoms with Crippen LogP contribution in [0.5, 0.6) is 0 Å². The van der Waals surface area contributed by atoms with Crippen molar-refractivity contribution in [2.75, 3.05) is 6.61 Å². The van der Waals surface area contributed by atoms with Crippen molar-refractivity contribution >= 4 is 0 Å². The summed E-state index contributed by atoms with van der Waals surface area (Å²) < 4.78 is 5.35. The van der Waals surface area contributed by atoms with Crippen molar-refractivity contribution < 1.29 is 4.74 Å². The quantitative estimate of drug-likeness (QED) is 0.434. The first kappa shape index (κ1) is 5.83. The van der Waals surface area contributed by atoms with Gasteiger partial charge in [0, 0.05) is 0 Å². The monoisotopic (exact) mass is 112 g/mol. The van der Waals surface area contributed by atoms with Crippen LogP contribution in [-0.4, -0.2) is 12.2 Å². The van der Waals surface area contributed by atoms with E-state index in [2.05, 4.69) is 20.4 Å². The fourth-order valence-electron chi connectivity index (χ4n) is 0.832. The highest BCUT2D eigenvalue weighted by atomic mass is 16.5. The van der Waals surface area contributed by atoms with Crippen molar-refractivity contribution in [3.63, 3.8) is 0 Å². The zero-order valence-electron chi connectivity index (χ0n) is 5.53. The second-order valence-electron chi connectivity index (χ2n) is 2.71. The van der Waals surface area contributed by atoms with Gasteiger partial charge in [0.05, 0.1) is 12.2 Å². The third-order valence-electron chi connectivity index (χ3n) is 1.72. The van der Waals surface area contributed by atoms with Gasteiger partial charge in [-0.25, -0.2) is 0 Å². The SMILES string of the molecule is C=C1CCOC1(C)C. The van der Waals surface area contributed by atoms with Gasteiger partial charge in [0.15, 0.2) is 0 Å². The van der Waals surface area contributed by atoms with E-state index < -0.39 is 0 Å². The molecule has 0 atom stereocenters. The summed E-state index contributed by atoms with van der Waals surface area (Å²) in [6.45, 7) is 8.85. The third-order valence-corrected chi connectivity index (χ3v) is 1.72. The molecule has 1 heteroatoms. The Balaban J connectivity index is 2.68. The molecule has 0 aromatic heterocycles. The van der Waals surface area contributed by atoms with Gasteiger partial charge in [-0.2, -0.15) is 0 Å². The molecule has 1 aliphatic heterocycles. The molecule has 0 aliphatic carbocycles. The van der Waals surface area contributed by atoms with Crippen LogP contribution in [0.3, 0.4) is 0 Å². The molecule has 0 spiro atoms. The molecule has 0 amide bonds. The molecule has 0 unspecified atom stereocenters. The topological polar surface area (TPSA) is 9.23 Å². The van der Waals surface area contributed by atoms with Gasteiger partial charge < -0.3 is 4.74 Å². The second kappa shape index (κ2) is 1.59. The van der Waals surface area contributed by atoms with Crippen molar-refractivity contribution in [1.29, 1.82) is 0 Å². The van der Waals surface area contributed by atoms with Crippen molar-refractivity contribution in [2.45, 2.75) is 25.9 Å². The summed E-state index contributed by atoms with van der Waals surface area (Å²) in [6.07, 6.45) is 1.03. The molecule has 1 rings (SSSR count). The third kappa shape index (κ3) is 0.781. The fraction of sp³-hybridized carbons (Fsp3) is 0.714. The van der Waals surface area contributed by atoms with Crippen LogP contribution in [0.4, 0.5) is 0 Å². The van der Waals surface area contributed by atoms with E-state index in [1.165, 1.54) is 5.57 Å². The number of rotatable bonds is 0. The highest BCUT2D eigenvalue weighted by molar-refractivity contribution is 5.12. The van der Waals surface area contributed by atoms with Crippen LogP contribution < -0.4 is 0 Å². The van der Waals surface area contributed by atoms with Gasteiger partial charge in [-0.15, -0.1) is 0 Å². The maximum absolute atomic E-state index is 5.35. The Kier molecular flexibility index (Phi) is 1.16. The van der Waals surface area contributed by atoms with Crippen LogP contribution in [0, 0.1) is 0 Å². The minimum atomic E-state index is -0.0417. The average Bonchev–Trinajstić information content (AvgIpc) is 1.86. The Bertz CT molecular complexity index is 114. The first-order valence-corrected chi connectivity index (χ1v) is 2.95. The Morgan fingerprint density at radius 1 is 1.62 bits per heavy atom. The Hall–Kier alpha value is -0.300. The molecule has 46 valence electrons. The van der Waals surface area contributed by atoms with Crippen LogP contribution >= 0.6 is 0 Å². The zero-order chi connectivity index (χ0) is 6.20. The van der Waals surface area contributed by atoms with Crippen molar-refractivity contribution in [3.05, 3.63) is 12.2 Å². The normalized spacial score (nSPS) is 26.5. The van der Waals surface area contributed by atoms with E-state index in [9.17, 15) is 0 Å². The van der Waals surface area contributed by atoms with Crippen LogP contribution in [0.15, 0.2) is 12.2 Å². The van der Waals surface area contributed by atoms with Gasteiger partial charge in [-0.05, 0) is 25.8 Å². The highest BCUT2D eigenvalue weighted by Crippen LogP contribution is 2.28. The smallest absolute Gasteiger partial charge is 0.0833 e. The van der Waals surface area contributed by atoms with E-state index in [1.54, 1.807) is 0 Å². The summed E-state index contributed by atoms with van der Waals surface area (Å²) in [5.41, 5.74) is 1.18. The lowest BCUT2D eigenvalue weighted by Gasteiger charge is -2.17. The summed E-state index contributed by atoms with van der Waals surface area (Å²) in [4.78, 5) is 0. The molecule has 0 bridgehead atoms. The molecule has 0 aromatic carbocycles. The molecular weight excluding hydrogens is 100 g/mol. The van der Waals surface area contributed by atoms with Gasteiger partial charge in [0.1, 0.15) is 0 Å². The minimum absolute atomic E-state index is 0.0417. The maximum Gasteiger partial charge on any atom is 0.0833 e. The lowest BCUT2D eigenvalue weighted by molar-refractivity contribution is 0.0554. The summed E-state index contributed by atoms with van der Waals surface area (Å²) in [5.74, 6) is 0. The Morgan fingerprint density at radius 2 is 2.25 bits per heavy atom. The summed E-state index contributed by atoms with van der Waals surface area (Å²) >= 11 is 0. The molecule has 0 saturated carbocycles. The molecular formula is C7H12O. The van der Waals surface area contributed by atoms with Gasteiger partial charge >= 0.3 is 0 Å². The lowest BCUT2D eigenvalue weighted by Crippen LogP contribution is -2.18. The molecule has 0 aromatic rings. The second-order valence-corrected chi connectivity index (χ2v) is 2.71. The first-order chi connectivity index (χ1) is 3.63. The average molecular weight is 112 g/mol. The van der Waals surface area contributed by atoms with E-state index in [0.29, 0.717) is 0 Å². The highest BCUT2D eigenvalue weighted by Gasteiger charge is 2.27. The number of hydrogen-bond acceptors (Lipinski definition) is 1. The Labute approximate surface area is 50.3 Å². The van der Waals surface area contributed by atoms with E-state index >= 15 is 0 Å². The van der Waals surface area contributed by atoms with E-state index in [4.69, 9.17) is 4.74 Å². The summed E-state index contributed by atoms with van der Waals surface area (Å²) in [5, 5.41) is 0.